The van der Waals surface area contributed by atoms with Crippen molar-refractivity contribution in [1.29, 1.82) is 0 Å². The quantitative estimate of drug-likeness (QED) is 0.824. The minimum absolute atomic E-state index is 0.00826. The van der Waals surface area contributed by atoms with Crippen LogP contribution in [-0.2, 0) is 9.59 Å². The molecule has 0 aliphatic heterocycles. The molecule has 0 spiro atoms. The van der Waals surface area contributed by atoms with Crippen LogP contribution in [0.25, 0.3) is 0 Å². The highest BCUT2D eigenvalue weighted by molar-refractivity contribution is 8.00. The lowest BCUT2D eigenvalue weighted by atomic mass is 10.3. The van der Waals surface area contributed by atoms with Crippen molar-refractivity contribution < 1.29 is 22.8 Å². The van der Waals surface area contributed by atoms with Crippen molar-refractivity contribution >= 4 is 29.3 Å². The fraction of sp³-hybridized carbons (Fsp3) is 0.200. The van der Waals surface area contributed by atoms with Gasteiger partial charge in [0.05, 0.1) is 11.4 Å². The Balaban J connectivity index is 2.82. The van der Waals surface area contributed by atoms with Crippen LogP contribution in [0.15, 0.2) is 29.2 Å². The second-order valence-corrected chi connectivity index (χ2v) is 4.22. The van der Waals surface area contributed by atoms with E-state index in [1.54, 1.807) is 11.4 Å². The summed E-state index contributed by atoms with van der Waals surface area (Å²) < 4.78 is 36.3. The minimum Gasteiger partial charge on any atom is -0.369 e. The molecule has 0 bridgehead atoms. The van der Waals surface area contributed by atoms with Gasteiger partial charge >= 0.3 is 12.1 Å². The molecule has 1 aromatic rings. The number of hydrogen-bond acceptors (Lipinski definition) is 3. The third-order valence-electron chi connectivity index (χ3n) is 1.76. The molecule has 1 aromatic carbocycles. The van der Waals surface area contributed by atoms with Crippen LogP contribution < -0.4 is 11.1 Å². The molecule has 3 N–H and O–H groups in total. The van der Waals surface area contributed by atoms with Crippen LogP contribution in [0.1, 0.15) is 0 Å². The molecule has 0 radical (unpaired) electrons. The van der Waals surface area contributed by atoms with Crippen molar-refractivity contribution in [2.75, 3.05) is 11.1 Å². The summed E-state index contributed by atoms with van der Waals surface area (Å²) in [5, 5.41) is 1.74. The first-order valence-corrected chi connectivity index (χ1v) is 5.67. The molecule has 0 saturated heterocycles. The van der Waals surface area contributed by atoms with Gasteiger partial charge in [0.1, 0.15) is 0 Å². The molecular formula is C10H9F3N2O2S. The topological polar surface area (TPSA) is 72.2 Å². The SMILES string of the molecule is NC(=O)CSc1ccccc1NC(=O)C(F)(F)F. The van der Waals surface area contributed by atoms with E-state index in [2.05, 4.69) is 0 Å². The van der Waals surface area contributed by atoms with Crippen LogP contribution in [0.3, 0.4) is 0 Å². The zero-order valence-corrected chi connectivity index (χ0v) is 9.77. The summed E-state index contributed by atoms with van der Waals surface area (Å²) in [6, 6.07) is 5.85. The number of carbonyl (C=O) groups excluding carboxylic acids is 2. The molecule has 98 valence electrons. The summed E-state index contributed by atoms with van der Waals surface area (Å²) in [7, 11) is 0. The summed E-state index contributed by atoms with van der Waals surface area (Å²) in [6.07, 6.45) is -4.96. The molecule has 0 heterocycles. The van der Waals surface area contributed by atoms with Crippen LogP contribution in [0.4, 0.5) is 18.9 Å². The Kier molecular flexibility index (Phi) is 4.60. The maximum absolute atomic E-state index is 12.1. The Hall–Kier alpha value is -1.70. The number of alkyl halides is 3. The van der Waals surface area contributed by atoms with Gasteiger partial charge < -0.3 is 11.1 Å². The Morgan fingerprint density at radius 2 is 1.89 bits per heavy atom. The van der Waals surface area contributed by atoms with Gasteiger partial charge in [0.2, 0.25) is 5.91 Å². The Labute approximate surface area is 105 Å². The fourth-order valence-electron chi connectivity index (χ4n) is 1.04. The number of rotatable bonds is 4. The fourth-order valence-corrected chi connectivity index (χ4v) is 1.78. The average molecular weight is 278 g/mol. The number of anilines is 1. The molecule has 0 aliphatic rings. The molecule has 18 heavy (non-hydrogen) atoms. The summed E-state index contributed by atoms with van der Waals surface area (Å²) in [6.45, 7) is 0. The number of thioether (sulfide) groups is 1. The van der Waals surface area contributed by atoms with Crippen LogP contribution in [0.5, 0.6) is 0 Å². The molecular weight excluding hydrogens is 269 g/mol. The van der Waals surface area contributed by atoms with Gasteiger partial charge in [-0.05, 0) is 12.1 Å². The number of primary amides is 1. The first kappa shape index (κ1) is 14.4. The van der Waals surface area contributed by atoms with Gasteiger partial charge in [-0.1, -0.05) is 12.1 Å². The largest absolute Gasteiger partial charge is 0.471 e. The molecule has 0 aromatic heterocycles. The van der Waals surface area contributed by atoms with E-state index in [0.29, 0.717) is 4.90 Å². The lowest BCUT2D eigenvalue weighted by molar-refractivity contribution is -0.167. The highest BCUT2D eigenvalue weighted by Crippen LogP contribution is 2.28. The first-order valence-electron chi connectivity index (χ1n) is 4.69. The molecule has 0 saturated carbocycles. The van der Waals surface area contributed by atoms with Crippen LogP contribution >= 0.6 is 11.8 Å². The molecule has 1 rings (SSSR count). The molecule has 2 amide bonds. The van der Waals surface area contributed by atoms with Crippen molar-refractivity contribution in [2.45, 2.75) is 11.1 Å². The number of halogens is 3. The number of benzene rings is 1. The van der Waals surface area contributed by atoms with Crippen LogP contribution in [-0.4, -0.2) is 23.7 Å². The standard InChI is InChI=1S/C10H9F3N2O2S/c11-10(12,13)9(17)15-6-3-1-2-4-7(6)18-5-8(14)16/h1-4H,5H2,(H2,14,16)(H,15,17). The number of para-hydroxylation sites is 1. The van der Waals surface area contributed by atoms with Crippen LogP contribution in [0.2, 0.25) is 0 Å². The molecule has 0 aliphatic carbocycles. The Morgan fingerprint density at radius 1 is 1.28 bits per heavy atom. The van der Waals surface area contributed by atoms with Gasteiger partial charge in [-0.2, -0.15) is 13.2 Å². The van der Waals surface area contributed by atoms with Gasteiger partial charge in [0.15, 0.2) is 0 Å². The van der Waals surface area contributed by atoms with Crippen molar-refractivity contribution in [3.63, 3.8) is 0 Å². The summed E-state index contributed by atoms with van der Waals surface area (Å²) in [5.41, 5.74) is 4.93. The second-order valence-electron chi connectivity index (χ2n) is 3.20. The predicted molar refractivity (Wildman–Crippen MR) is 61.0 cm³/mol. The number of carbonyl (C=O) groups is 2. The van der Waals surface area contributed by atoms with Crippen molar-refractivity contribution in [1.82, 2.24) is 0 Å². The predicted octanol–water partition coefficient (Wildman–Crippen LogP) is 1.76. The second kappa shape index (κ2) is 5.76. The minimum atomic E-state index is -4.96. The average Bonchev–Trinajstić information content (AvgIpc) is 2.26. The van der Waals surface area contributed by atoms with Crippen molar-refractivity contribution in [3.05, 3.63) is 24.3 Å². The summed E-state index contributed by atoms with van der Waals surface area (Å²) in [4.78, 5) is 21.7. The lowest BCUT2D eigenvalue weighted by Crippen LogP contribution is -2.30. The van der Waals surface area contributed by atoms with E-state index in [1.807, 2.05) is 0 Å². The van der Waals surface area contributed by atoms with E-state index in [0.717, 1.165) is 11.8 Å². The highest BCUT2D eigenvalue weighted by Gasteiger charge is 2.38. The Bertz CT molecular complexity index is 463. The smallest absolute Gasteiger partial charge is 0.369 e. The third-order valence-corrected chi connectivity index (χ3v) is 2.86. The maximum atomic E-state index is 12.1. The van der Waals surface area contributed by atoms with Gasteiger partial charge in [-0.15, -0.1) is 11.8 Å². The van der Waals surface area contributed by atoms with E-state index >= 15 is 0 Å². The van der Waals surface area contributed by atoms with Gasteiger partial charge in [-0.3, -0.25) is 9.59 Å². The van der Waals surface area contributed by atoms with Gasteiger partial charge in [0, 0.05) is 4.90 Å². The lowest BCUT2D eigenvalue weighted by Gasteiger charge is -2.11. The van der Waals surface area contributed by atoms with E-state index in [1.165, 1.54) is 18.2 Å². The molecule has 0 fully saturated rings. The maximum Gasteiger partial charge on any atom is 0.471 e. The first-order chi connectivity index (χ1) is 8.30. The van der Waals surface area contributed by atoms with E-state index in [4.69, 9.17) is 5.73 Å². The number of nitrogens with two attached hydrogens (primary N) is 1. The monoisotopic (exact) mass is 278 g/mol. The number of nitrogens with one attached hydrogen (secondary N) is 1. The van der Waals surface area contributed by atoms with Gasteiger partial charge in [-0.25, -0.2) is 0 Å². The normalized spacial score (nSPS) is 11.1. The number of hydrogen-bond donors (Lipinski definition) is 2. The van der Waals surface area contributed by atoms with Crippen molar-refractivity contribution in [2.24, 2.45) is 5.73 Å². The Morgan fingerprint density at radius 3 is 2.44 bits per heavy atom. The summed E-state index contributed by atoms with van der Waals surface area (Å²) >= 11 is 0.951. The van der Waals surface area contributed by atoms with Crippen molar-refractivity contribution in [3.8, 4) is 0 Å². The zero-order chi connectivity index (χ0) is 13.8. The molecule has 0 unspecified atom stereocenters. The molecule has 0 atom stereocenters. The van der Waals surface area contributed by atoms with Gasteiger partial charge in [0.25, 0.3) is 0 Å². The third kappa shape index (κ3) is 4.28. The molecule has 8 heteroatoms. The van der Waals surface area contributed by atoms with Crippen LogP contribution in [0, 0.1) is 0 Å². The van der Waals surface area contributed by atoms with E-state index in [9.17, 15) is 22.8 Å². The molecule has 4 nitrogen and oxygen atoms in total. The number of amides is 2. The van der Waals surface area contributed by atoms with E-state index < -0.39 is 18.0 Å². The zero-order valence-electron chi connectivity index (χ0n) is 8.95. The van der Waals surface area contributed by atoms with E-state index in [-0.39, 0.29) is 11.4 Å². The summed E-state index contributed by atoms with van der Waals surface area (Å²) in [5.74, 6) is -2.75. The highest BCUT2D eigenvalue weighted by atomic mass is 32.2.